The fourth-order valence-electron chi connectivity index (χ4n) is 1.88. The number of hydrogen-bond acceptors (Lipinski definition) is 3. The lowest BCUT2D eigenvalue weighted by Crippen LogP contribution is -2.44. The van der Waals surface area contributed by atoms with E-state index in [0.29, 0.717) is 24.8 Å². The zero-order valence-corrected chi connectivity index (χ0v) is 13.8. The van der Waals surface area contributed by atoms with Crippen LogP contribution in [0.3, 0.4) is 0 Å². The van der Waals surface area contributed by atoms with Crippen LogP contribution >= 0.6 is 0 Å². The van der Waals surface area contributed by atoms with Crippen molar-refractivity contribution < 1.29 is 9.53 Å². The standard InChI is InChI=1S/C17H24N4O2/c1-5-14-8-7-9-15(10-14)21-16(22)11-19-17(18-6-2)20-13(3)12-23-4/h1,7-10,13H,6,11-12H2,2-4H3,(H,21,22)(H2,18,19,20). The first-order valence-electron chi connectivity index (χ1n) is 7.49. The van der Waals surface area contributed by atoms with Crippen LogP contribution in [-0.4, -0.2) is 44.7 Å². The van der Waals surface area contributed by atoms with E-state index in [4.69, 9.17) is 11.2 Å². The van der Waals surface area contributed by atoms with E-state index in [1.807, 2.05) is 13.8 Å². The molecule has 0 heterocycles. The normalized spacial score (nSPS) is 12.2. The van der Waals surface area contributed by atoms with Gasteiger partial charge in [-0.25, -0.2) is 4.99 Å². The number of carbonyl (C=O) groups excluding carboxylic acids is 1. The van der Waals surface area contributed by atoms with Crippen LogP contribution in [0.1, 0.15) is 19.4 Å². The molecule has 6 heteroatoms. The largest absolute Gasteiger partial charge is 0.383 e. The van der Waals surface area contributed by atoms with Gasteiger partial charge in [0.15, 0.2) is 5.96 Å². The summed E-state index contributed by atoms with van der Waals surface area (Å²) in [4.78, 5) is 16.2. The fraction of sp³-hybridized carbons (Fsp3) is 0.412. The van der Waals surface area contributed by atoms with Crippen molar-refractivity contribution in [3.63, 3.8) is 0 Å². The summed E-state index contributed by atoms with van der Waals surface area (Å²) >= 11 is 0. The van der Waals surface area contributed by atoms with Crippen LogP contribution in [0.15, 0.2) is 29.3 Å². The summed E-state index contributed by atoms with van der Waals surface area (Å²) in [6, 6.07) is 7.22. The molecule has 1 unspecified atom stereocenters. The molecule has 0 saturated carbocycles. The summed E-state index contributed by atoms with van der Waals surface area (Å²) in [6.45, 7) is 5.20. The fourth-order valence-corrected chi connectivity index (χ4v) is 1.88. The Bertz CT molecular complexity index is 578. The van der Waals surface area contributed by atoms with Crippen LogP contribution in [-0.2, 0) is 9.53 Å². The highest BCUT2D eigenvalue weighted by molar-refractivity contribution is 5.94. The molecule has 0 aliphatic heterocycles. The quantitative estimate of drug-likeness (QED) is 0.401. The van der Waals surface area contributed by atoms with E-state index in [1.54, 1.807) is 31.4 Å². The van der Waals surface area contributed by atoms with Gasteiger partial charge in [-0.1, -0.05) is 12.0 Å². The van der Waals surface area contributed by atoms with Crippen molar-refractivity contribution in [3.8, 4) is 12.3 Å². The molecule has 23 heavy (non-hydrogen) atoms. The van der Waals surface area contributed by atoms with Crippen molar-refractivity contribution in [2.45, 2.75) is 19.9 Å². The Morgan fingerprint density at radius 3 is 2.91 bits per heavy atom. The first kappa shape index (κ1) is 18.5. The average Bonchev–Trinajstić information content (AvgIpc) is 2.53. The minimum atomic E-state index is -0.212. The maximum atomic E-state index is 12.0. The number of anilines is 1. The first-order chi connectivity index (χ1) is 11.1. The summed E-state index contributed by atoms with van der Waals surface area (Å²) in [7, 11) is 1.64. The van der Waals surface area contributed by atoms with Crippen LogP contribution in [0.5, 0.6) is 0 Å². The highest BCUT2D eigenvalue weighted by Crippen LogP contribution is 2.09. The summed E-state index contributed by atoms with van der Waals surface area (Å²) in [5.74, 6) is 2.89. The number of rotatable bonds is 7. The molecule has 0 spiro atoms. The topological polar surface area (TPSA) is 74.8 Å². The van der Waals surface area contributed by atoms with Crippen LogP contribution in [0.4, 0.5) is 5.69 Å². The molecule has 1 atom stereocenters. The van der Waals surface area contributed by atoms with Crippen LogP contribution in [0, 0.1) is 12.3 Å². The highest BCUT2D eigenvalue weighted by atomic mass is 16.5. The van der Waals surface area contributed by atoms with Gasteiger partial charge in [0.25, 0.3) is 0 Å². The Labute approximate surface area is 137 Å². The van der Waals surface area contributed by atoms with Crippen molar-refractivity contribution in [3.05, 3.63) is 29.8 Å². The van der Waals surface area contributed by atoms with E-state index in [-0.39, 0.29) is 18.5 Å². The first-order valence-corrected chi connectivity index (χ1v) is 7.49. The van der Waals surface area contributed by atoms with Crippen molar-refractivity contribution in [2.75, 3.05) is 32.1 Å². The molecular weight excluding hydrogens is 292 g/mol. The van der Waals surface area contributed by atoms with E-state index in [1.165, 1.54) is 0 Å². The highest BCUT2D eigenvalue weighted by Gasteiger charge is 2.06. The third-order valence-corrected chi connectivity index (χ3v) is 2.84. The lowest BCUT2D eigenvalue weighted by atomic mass is 10.2. The van der Waals surface area contributed by atoms with Crippen LogP contribution < -0.4 is 16.0 Å². The molecule has 1 amide bonds. The molecule has 0 aromatic heterocycles. The summed E-state index contributed by atoms with van der Waals surface area (Å²) in [6.07, 6.45) is 5.34. The van der Waals surface area contributed by atoms with Crippen molar-refractivity contribution in [1.29, 1.82) is 0 Å². The predicted octanol–water partition coefficient (Wildman–Crippen LogP) is 1.20. The maximum absolute atomic E-state index is 12.0. The Morgan fingerprint density at radius 1 is 1.48 bits per heavy atom. The number of nitrogens with one attached hydrogen (secondary N) is 3. The zero-order chi connectivity index (χ0) is 17.1. The van der Waals surface area contributed by atoms with Gasteiger partial charge in [0.2, 0.25) is 5.91 Å². The second-order valence-corrected chi connectivity index (χ2v) is 4.97. The molecule has 0 fully saturated rings. The number of nitrogens with zero attached hydrogens (tertiary/aromatic N) is 1. The number of benzene rings is 1. The molecule has 0 aliphatic carbocycles. The van der Waals surface area contributed by atoms with Gasteiger partial charge in [0, 0.05) is 30.9 Å². The second-order valence-electron chi connectivity index (χ2n) is 4.97. The third kappa shape index (κ3) is 7.34. The van der Waals surface area contributed by atoms with Gasteiger partial charge in [-0.05, 0) is 32.0 Å². The zero-order valence-electron chi connectivity index (χ0n) is 13.8. The minimum absolute atomic E-state index is 0.00924. The van der Waals surface area contributed by atoms with E-state index >= 15 is 0 Å². The monoisotopic (exact) mass is 316 g/mol. The van der Waals surface area contributed by atoms with Gasteiger partial charge in [0.1, 0.15) is 6.54 Å². The van der Waals surface area contributed by atoms with Crippen molar-refractivity contribution in [1.82, 2.24) is 10.6 Å². The summed E-state index contributed by atoms with van der Waals surface area (Å²) in [5, 5.41) is 9.02. The molecule has 1 rings (SSSR count). The Kier molecular flexibility index (Phi) is 8.25. The molecule has 0 bridgehead atoms. The number of amides is 1. The number of hydrogen-bond donors (Lipinski definition) is 3. The van der Waals surface area contributed by atoms with Crippen molar-refractivity contribution >= 4 is 17.6 Å². The SMILES string of the molecule is C#Cc1cccc(NC(=O)CN=C(NCC)NC(C)COC)c1. The van der Waals surface area contributed by atoms with Crippen LogP contribution in [0.2, 0.25) is 0 Å². The van der Waals surface area contributed by atoms with E-state index in [2.05, 4.69) is 26.9 Å². The van der Waals surface area contributed by atoms with Gasteiger partial charge in [-0.3, -0.25) is 4.79 Å². The molecule has 0 saturated heterocycles. The van der Waals surface area contributed by atoms with Crippen LogP contribution in [0.25, 0.3) is 0 Å². The molecule has 0 radical (unpaired) electrons. The molecular formula is C17H24N4O2. The Hall–Kier alpha value is -2.52. The minimum Gasteiger partial charge on any atom is -0.383 e. The Morgan fingerprint density at radius 2 is 2.26 bits per heavy atom. The van der Waals surface area contributed by atoms with Gasteiger partial charge >= 0.3 is 0 Å². The molecule has 1 aromatic carbocycles. The average molecular weight is 316 g/mol. The predicted molar refractivity (Wildman–Crippen MR) is 93.5 cm³/mol. The number of aliphatic imine (C=N–C) groups is 1. The number of guanidine groups is 1. The summed E-state index contributed by atoms with van der Waals surface area (Å²) < 4.78 is 5.07. The van der Waals surface area contributed by atoms with Gasteiger partial charge in [-0.2, -0.15) is 0 Å². The summed E-state index contributed by atoms with van der Waals surface area (Å²) in [5.41, 5.74) is 1.38. The molecule has 0 aliphatic rings. The molecule has 124 valence electrons. The Balaban J connectivity index is 2.60. The number of methoxy groups -OCH3 is 1. The number of terminal acetylenes is 1. The number of ether oxygens (including phenoxy) is 1. The van der Waals surface area contributed by atoms with E-state index < -0.39 is 0 Å². The lowest BCUT2D eigenvalue weighted by molar-refractivity contribution is -0.114. The second kappa shape index (κ2) is 10.2. The van der Waals surface area contributed by atoms with Gasteiger partial charge in [-0.15, -0.1) is 6.42 Å². The molecule has 6 nitrogen and oxygen atoms in total. The van der Waals surface area contributed by atoms with Gasteiger partial charge < -0.3 is 20.7 Å². The van der Waals surface area contributed by atoms with Crippen molar-refractivity contribution in [2.24, 2.45) is 4.99 Å². The third-order valence-electron chi connectivity index (χ3n) is 2.84. The maximum Gasteiger partial charge on any atom is 0.246 e. The smallest absolute Gasteiger partial charge is 0.246 e. The molecule has 3 N–H and O–H groups in total. The molecule has 1 aromatic rings. The number of carbonyl (C=O) groups is 1. The van der Waals surface area contributed by atoms with E-state index in [0.717, 1.165) is 5.56 Å². The van der Waals surface area contributed by atoms with E-state index in [9.17, 15) is 4.79 Å². The lowest BCUT2D eigenvalue weighted by Gasteiger charge is -2.16. The van der Waals surface area contributed by atoms with Gasteiger partial charge in [0.05, 0.1) is 6.61 Å².